The highest BCUT2D eigenvalue weighted by atomic mass is 32.2. The van der Waals surface area contributed by atoms with E-state index in [4.69, 9.17) is 9.15 Å². The average molecular weight is 380 g/mol. The number of hydrogen-bond acceptors (Lipinski definition) is 6. The van der Waals surface area contributed by atoms with Crippen LogP contribution in [-0.4, -0.2) is 12.6 Å². The lowest BCUT2D eigenvalue weighted by molar-refractivity contribution is -0.138. The van der Waals surface area contributed by atoms with Crippen LogP contribution >= 0.6 is 11.8 Å². The van der Waals surface area contributed by atoms with Gasteiger partial charge < -0.3 is 14.5 Å². The second-order valence-corrected chi connectivity index (χ2v) is 6.95. The van der Waals surface area contributed by atoms with Gasteiger partial charge in [0, 0.05) is 11.4 Å². The van der Waals surface area contributed by atoms with Crippen molar-refractivity contribution in [3.63, 3.8) is 0 Å². The lowest BCUT2D eigenvalue weighted by atomic mass is 9.86. The molecule has 1 aliphatic heterocycles. The van der Waals surface area contributed by atoms with E-state index < -0.39 is 11.9 Å². The van der Waals surface area contributed by atoms with Crippen molar-refractivity contribution in [2.45, 2.75) is 25.5 Å². The maximum atomic E-state index is 12.6. The predicted octanol–water partition coefficient (Wildman–Crippen LogP) is 4.47. The number of nitrogens with zero attached hydrogens (tertiary/aromatic N) is 1. The summed E-state index contributed by atoms with van der Waals surface area (Å²) >= 11 is 1.53. The number of ether oxygens (including phenoxy) is 1. The molecule has 1 atom stereocenters. The highest BCUT2D eigenvalue weighted by molar-refractivity contribution is 8.02. The first kappa shape index (κ1) is 18.9. The minimum atomic E-state index is -0.580. The molecule has 1 N–H and O–H groups in total. The van der Waals surface area contributed by atoms with E-state index in [1.165, 1.54) is 11.8 Å². The number of hydrogen-bond donors (Lipinski definition) is 1. The van der Waals surface area contributed by atoms with Gasteiger partial charge in [-0.1, -0.05) is 30.3 Å². The van der Waals surface area contributed by atoms with E-state index in [0.717, 1.165) is 10.6 Å². The SMILES string of the molecule is CCOC(=O)C1=C(C)NC(SCc2ccccc2)=C(C#N)[C@H]1c1ccco1. The summed E-state index contributed by atoms with van der Waals surface area (Å²) < 4.78 is 10.8. The molecule has 3 rings (SSSR count). The number of furan rings is 1. The summed E-state index contributed by atoms with van der Waals surface area (Å²) in [6.45, 7) is 3.84. The zero-order valence-electron chi connectivity index (χ0n) is 15.2. The summed E-state index contributed by atoms with van der Waals surface area (Å²) in [6, 6.07) is 15.8. The number of allylic oxidation sites excluding steroid dienone is 2. The van der Waals surface area contributed by atoms with Crippen molar-refractivity contribution in [2.75, 3.05) is 6.61 Å². The molecule has 0 saturated heterocycles. The molecule has 138 valence electrons. The first-order valence-corrected chi connectivity index (χ1v) is 9.63. The number of thioether (sulfide) groups is 1. The quantitative estimate of drug-likeness (QED) is 0.745. The normalized spacial score (nSPS) is 16.7. The van der Waals surface area contributed by atoms with Gasteiger partial charge in [0.1, 0.15) is 5.76 Å². The van der Waals surface area contributed by atoms with Gasteiger partial charge in [-0.2, -0.15) is 5.26 Å². The zero-order valence-corrected chi connectivity index (χ0v) is 16.0. The van der Waals surface area contributed by atoms with Gasteiger partial charge in [-0.15, -0.1) is 11.8 Å². The van der Waals surface area contributed by atoms with Crippen LogP contribution in [0.2, 0.25) is 0 Å². The summed E-state index contributed by atoms with van der Waals surface area (Å²) in [7, 11) is 0. The largest absolute Gasteiger partial charge is 0.468 e. The Bertz CT molecular complexity index is 909. The summed E-state index contributed by atoms with van der Waals surface area (Å²) in [5.41, 5.74) is 2.69. The minimum absolute atomic E-state index is 0.266. The van der Waals surface area contributed by atoms with Crippen molar-refractivity contribution in [1.82, 2.24) is 5.32 Å². The van der Waals surface area contributed by atoms with E-state index >= 15 is 0 Å². The molecule has 0 unspecified atom stereocenters. The fraction of sp³-hybridized carbons (Fsp3) is 0.238. The van der Waals surface area contributed by atoms with Crippen molar-refractivity contribution in [2.24, 2.45) is 0 Å². The highest BCUT2D eigenvalue weighted by Crippen LogP contribution is 2.41. The molecule has 0 fully saturated rings. The van der Waals surface area contributed by atoms with Crippen molar-refractivity contribution in [3.8, 4) is 6.07 Å². The van der Waals surface area contributed by atoms with Crippen LogP contribution in [0, 0.1) is 11.3 Å². The molecule has 5 nitrogen and oxygen atoms in total. The van der Waals surface area contributed by atoms with Gasteiger partial charge in [-0.05, 0) is 31.5 Å². The van der Waals surface area contributed by atoms with Gasteiger partial charge in [-0.3, -0.25) is 0 Å². The van der Waals surface area contributed by atoms with E-state index in [0.29, 0.717) is 28.4 Å². The molecule has 1 aliphatic rings. The Morgan fingerprint density at radius 3 is 2.70 bits per heavy atom. The van der Waals surface area contributed by atoms with Gasteiger partial charge in [0.15, 0.2) is 0 Å². The monoisotopic (exact) mass is 380 g/mol. The van der Waals surface area contributed by atoms with Crippen LogP contribution in [0.3, 0.4) is 0 Å². The molecule has 0 saturated carbocycles. The molecule has 27 heavy (non-hydrogen) atoms. The van der Waals surface area contributed by atoms with Crippen LogP contribution in [-0.2, 0) is 15.3 Å². The number of carbonyl (C=O) groups is 1. The minimum Gasteiger partial charge on any atom is -0.468 e. The maximum Gasteiger partial charge on any atom is 0.336 e. The van der Waals surface area contributed by atoms with Crippen molar-refractivity contribution >= 4 is 17.7 Å². The predicted molar refractivity (Wildman–Crippen MR) is 104 cm³/mol. The van der Waals surface area contributed by atoms with Gasteiger partial charge in [0.2, 0.25) is 0 Å². The second kappa shape index (κ2) is 8.65. The van der Waals surface area contributed by atoms with E-state index in [9.17, 15) is 10.1 Å². The Balaban J connectivity index is 1.97. The molecule has 2 aromatic rings. The maximum absolute atomic E-state index is 12.6. The van der Waals surface area contributed by atoms with Crippen molar-refractivity contribution < 1.29 is 13.9 Å². The van der Waals surface area contributed by atoms with Crippen LogP contribution < -0.4 is 5.32 Å². The summed E-state index contributed by atoms with van der Waals surface area (Å²) in [5.74, 6) is 0.238. The Hall–Kier alpha value is -2.91. The molecular weight excluding hydrogens is 360 g/mol. The molecular formula is C21H20N2O3S. The first-order chi connectivity index (χ1) is 13.2. The molecule has 0 radical (unpaired) electrons. The molecule has 1 aromatic carbocycles. The van der Waals surface area contributed by atoms with Crippen LogP contribution in [0.5, 0.6) is 0 Å². The number of esters is 1. The van der Waals surface area contributed by atoms with E-state index in [-0.39, 0.29) is 6.61 Å². The Labute approximate surface area is 162 Å². The molecule has 0 bridgehead atoms. The lowest BCUT2D eigenvalue weighted by Gasteiger charge is -2.27. The average Bonchev–Trinajstić information content (AvgIpc) is 3.21. The van der Waals surface area contributed by atoms with Crippen molar-refractivity contribution in [1.29, 1.82) is 5.26 Å². The molecule has 0 aliphatic carbocycles. The number of benzene rings is 1. The molecule has 2 heterocycles. The third-order valence-corrected chi connectivity index (χ3v) is 5.28. The number of nitriles is 1. The Morgan fingerprint density at radius 2 is 2.07 bits per heavy atom. The number of carbonyl (C=O) groups excluding carboxylic acids is 1. The lowest BCUT2D eigenvalue weighted by Crippen LogP contribution is -2.28. The summed E-state index contributed by atoms with van der Waals surface area (Å²) in [6.07, 6.45) is 1.54. The van der Waals surface area contributed by atoms with Gasteiger partial charge in [0.25, 0.3) is 0 Å². The number of dihydropyridines is 1. The fourth-order valence-corrected chi connectivity index (χ4v) is 4.02. The molecule has 6 heteroatoms. The molecule has 0 amide bonds. The third kappa shape index (κ3) is 4.09. The Morgan fingerprint density at radius 1 is 1.30 bits per heavy atom. The second-order valence-electron chi connectivity index (χ2n) is 5.96. The third-order valence-electron chi connectivity index (χ3n) is 4.20. The standard InChI is InChI=1S/C21H20N2O3S/c1-3-25-21(24)18-14(2)23-20(27-13-15-8-5-4-6-9-15)16(12-22)19(18)17-10-7-11-26-17/h4-11,19,23H,3,13H2,1-2H3/t19-/m0/s1. The van der Waals surface area contributed by atoms with Crippen LogP contribution in [0.1, 0.15) is 31.1 Å². The molecule has 1 aromatic heterocycles. The topological polar surface area (TPSA) is 75.3 Å². The van der Waals surface area contributed by atoms with Crippen LogP contribution in [0.15, 0.2) is 75.0 Å². The fourth-order valence-electron chi connectivity index (χ4n) is 2.98. The first-order valence-electron chi connectivity index (χ1n) is 8.65. The van der Waals surface area contributed by atoms with E-state index in [2.05, 4.69) is 11.4 Å². The summed E-state index contributed by atoms with van der Waals surface area (Å²) in [4.78, 5) is 12.6. The smallest absolute Gasteiger partial charge is 0.336 e. The van der Waals surface area contributed by atoms with E-state index in [1.54, 1.807) is 25.3 Å². The van der Waals surface area contributed by atoms with E-state index in [1.807, 2.05) is 37.3 Å². The highest BCUT2D eigenvalue weighted by Gasteiger charge is 2.37. The van der Waals surface area contributed by atoms with Gasteiger partial charge in [-0.25, -0.2) is 4.79 Å². The molecule has 0 spiro atoms. The summed E-state index contributed by atoms with van der Waals surface area (Å²) in [5, 5.41) is 13.8. The van der Waals surface area contributed by atoms with Gasteiger partial charge in [0.05, 0.1) is 41.0 Å². The number of rotatable bonds is 6. The van der Waals surface area contributed by atoms with Crippen molar-refractivity contribution in [3.05, 3.63) is 81.9 Å². The Kier molecular flexibility index (Phi) is 6.05. The zero-order chi connectivity index (χ0) is 19.2. The van der Waals surface area contributed by atoms with Crippen LogP contribution in [0.25, 0.3) is 0 Å². The van der Waals surface area contributed by atoms with Crippen LogP contribution in [0.4, 0.5) is 0 Å². The number of nitrogens with one attached hydrogen (secondary N) is 1. The van der Waals surface area contributed by atoms with Gasteiger partial charge >= 0.3 is 5.97 Å².